The Kier molecular flexibility index (Phi) is 4.14. The van der Waals surface area contributed by atoms with E-state index < -0.39 is 11.9 Å². The number of aryl methyl sites for hydroxylation is 1. The molecular weight excluding hydrogens is 340 g/mol. The van der Waals surface area contributed by atoms with E-state index in [0.717, 1.165) is 46.7 Å². The van der Waals surface area contributed by atoms with E-state index in [2.05, 4.69) is 13.2 Å². The fraction of sp³-hybridized carbons (Fsp3) is 0.304. The quantitative estimate of drug-likeness (QED) is 0.432. The zero-order valence-electron chi connectivity index (χ0n) is 15.6. The molecule has 138 valence electrons. The van der Waals surface area contributed by atoms with Gasteiger partial charge in [0.05, 0.1) is 0 Å². The normalized spacial score (nSPS) is 19.6. The molecule has 4 heteroatoms. The van der Waals surface area contributed by atoms with Crippen molar-refractivity contribution in [2.45, 2.75) is 44.9 Å². The second-order valence-electron chi connectivity index (χ2n) is 7.54. The third-order valence-electron chi connectivity index (χ3n) is 5.61. The van der Waals surface area contributed by atoms with Crippen molar-refractivity contribution < 1.29 is 19.1 Å². The summed E-state index contributed by atoms with van der Waals surface area (Å²) in [6.07, 6.45) is 4.29. The highest BCUT2D eigenvalue weighted by Crippen LogP contribution is 2.61. The third kappa shape index (κ3) is 2.76. The van der Waals surface area contributed by atoms with E-state index in [1.54, 1.807) is 6.92 Å². The Balaban J connectivity index is 2.04. The van der Waals surface area contributed by atoms with Crippen molar-refractivity contribution in [2.75, 3.05) is 0 Å². The van der Waals surface area contributed by atoms with Crippen molar-refractivity contribution in [1.82, 2.24) is 0 Å². The van der Waals surface area contributed by atoms with Gasteiger partial charge in [-0.3, -0.25) is 0 Å². The standard InChI is InChI=1S/C23H22O4/c1-5-18(24)26-21-16-9-6-13(4)10-17(16)22(27-23(25)12(2)3)20-15-8-7-14(11-15)19(20)21/h5-6,9-10,14-15H,1-2,7-8,11H2,3-4H3. The lowest BCUT2D eigenvalue weighted by Gasteiger charge is -2.24. The number of carbonyl (C=O) groups is 2. The molecule has 0 amide bonds. The fourth-order valence-corrected chi connectivity index (χ4v) is 4.44. The summed E-state index contributed by atoms with van der Waals surface area (Å²) < 4.78 is 11.5. The molecule has 0 aliphatic heterocycles. The van der Waals surface area contributed by atoms with Crippen LogP contribution in [-0.2, 0) is 9.59 Å². The first-order valence-electron chi connectivity index (χ1n) is 9.22. The van der Waals surface area contributed by atoms with E-state index in [1.807, 2.05) is 25.1 Å². The molecule has 2 aliphatic carbocycles. The number of carbonyl (C=O) groups excluding carboxylic acids is 2. The number of hydrogen-bond donors (Lipinski definition) is 0. The van der Waals surface area contributed by atoms with Gasteiger partial charge in [0.25, 0.3) is 0 Å². The molecule has 1 saturated carbocycles. The van der Waals surface area contributed by atoms with Gasteiger partial charge in [0.15, 0.2) is 0 Å². The Morgan fingerprint density at radius 1 is 1.07 bits per heavy atom. The lowest BCUT2D eigenvalue weighted by molar-refractivity contribution is -0.130. The SMILES string of the molecule is C=CC(=O)Oc1c2c(c(OC(=O)C(=C)C)c3cc(C)ccc13)C1CCC2C1. The van der Waals surface area contributed by atoms with E-state index in [1.165, 1.54) is 6.08 Å². The molecule has 2 atom stereocenters. The van der Waals surface area contributed by atoms with Gasteiger partial charge in [-0.2, -0.15) is 0 Å². The molecule has 0 heterocycles. The molecule has 2 aliphatic rings. The zero-order valence-corrected chi connectivity index (χ0v) is 15.6. The summed E-state index contributed by atoms with van der Waals surface area (Å²) >= 11 is 0. The number of benzene rings is 2. The molecule has 0 radical (unpaired) electrons. The highest BCUT2D eigenvalue weighted by Gasteiger charge is 2.43. The van der Waals surface area contributed by atoms with Crippen molar-refractivity contribution in [3.63, 3.8) is 0 Å². The highest BCUT2D eigenvalue weighted by molar-refractivity contribution is 6.01. The molecule has 4 rings (SSSR count). The van der Waals surface area contributed by atoms with Gasteiger partial charge in [-0.25, -0.2) is 9.59 Å². The molecule has 0 N–H and O–H groups in total. The Bertz CT molecular complexity index is 1010. The summed E-state index contributed by atoms with van der Waals surface area (Å²) in [5, 5.41) is 1.58. The van der Waals surface area contributed by atoms with E-state index >= 15 is 0 Å². The second kappa shape index (κ2) is 6.38. The van der Waals surface area contributed by atoms with Crippen molar-refractivity contribution in [2.24, 2.45) is 0 Å². The summed E-state index contributed by atoms with van der Waals surface area (Å²) in [4.78, 5) is 24.3. The number of rotatable bonds is 4. The van der Waals surface area contributed by atoms with E-state index in [-0.39, 0.29) is 0 Å². The van der Waals surface area contributed by atoms with Crippen LogP contribution >= 0.6 is 0 Å². The Hall–Kier alpha value is -2.88. The summed E-state index contributed by atoms with van der Waals surface area (Å²) in [6.45, 7) is 10.8. The average Bonchev–Trinajstić information content (AvgIpc) is 3.25. The first kappa shape index (κ1) is 17.5. The summed E-state index contributed by atoms with van der Waals surface area (Å²) in [5.74, 6) is 0.927. The number of esters is 2. The Labute approximate surface area is 158 Å². The van der Waals surface area contributed by atoms with Gasteiger partial charge in [-0.1, -0.05) is 30.9 Å². The van der Waals surface area contributed by atoms with Crippen LogP contribution in [-0.4, -0.2) is 11.9 Å². The van der Waals surface area contributed by atoms with Crippen LogP contribution in [0.4, 0.5) is 0 Å². The zero-order chi connectivity index (χ0) is 19.3. The van der Waals surface area contributed by atoms with Gasteiger partial charge >= 0.3 is 11.9 Å². The first-order chi connectivity index (χ1) is 12.9. The van der Waals surface area contributed by atoms with Gasteiger partial charge in [-0.05, 0) is 51.0 Å². The Morgan fingerprint density at radius 2 is 1.70 bits per heavy atom. The average molecular weight is 362 g/mol. The van der Waals surface area contributed by atoms with Crippen molar-refractivity contribution in [1.29, 1.82) is 0 Å². The maximum atomic E-state index is 12.3. The maximum Gasteiger partial charge on any atom is 0.338 e. The minimum absolute atomic E-state index is 0.323. The van der Waals surface area contributed by atoms with Gasteiger partial charge in [0.2, 0.25) is 0 Å². The topological polar surface area (TPSA) is 52.6 Å². The molecule has 0 saturated heterocycles. The van der Waals surface area contributed by atoms with Crippen LogP contribution in [0.2, 0.25) is 0 Å². The van der Waals surface area contributed by atoms with Crippen LogP contribution in [0.5, 0.6) is 11.5 Å². The second-order valence-corrected chi connectivity index (χ2v) is 7.54. The lowest BCUT2D eigenvalue weighted by atomic mass is 9.87. The predicted octanol–water partition coefficient (Wildman–Crippen LogP) is 5.09. The molecule has 0 spiro atoms. The van der Waals surface area contributed by atoms with Crippen molar-refractivity contribution in [3.05, 3.63) is 59.7 Å². The first-order valence-corrected chi connectivity index (χ1v) is 9.22. The summed E-state index contributed by atoms with van der Waals surface area (Å²) in [7, 11) is 0. The van der Waals surface area contributed by atoms with E-state index in [9.17, 15) is 9.59 Å². The molecule has 27 heavy (non-hydrogen) atoms. The predicted molar refractivity (Wildman–Crippen MR) is 104 cm³/mol. The number of fused-ring (bicyclic) bond motifs is 6. The molecule has 2 aromatic carbocycles. The molecule has 2 aromatic rings. The smallest absolute Gasteiger partial charge is 0.338 e. The number of hydrogen-bond acceptors (Lipinski definition) is 4. The van der Waals surface area contributed by atoms with E-state index in [4.69, 9.17) is 9.47 Å². The highest BCUT2D eigenvalue weighted by atomic mass is 16.5. The molecular formula is C23H22O4. The van der Waals surface area contributed by atoms with E-state index in [0.29, 0.717) is 28.9 Å². The molecule has 0 aromatic heterocycles. The maximum absolute atomic E-state index is 12.3. The third-order valence-corrected chi connectivity index (χ3v) is 5.61. The molecule has 4 nitrogen and oxygen atoms in total. The minimum Gasteiger partial charge on any atom is -0.422 e. The lowest BCUT2D eigenvalue weighted by Crippen LogP contribution is -2.14. The van der Waals surface area contributed by atoms with Crippen LogP contribution in [0.3, 0.4) is 0 Å². The molecule has 1 fully saturated rings. The fourth-order valence-electron chi connectivity index (χ4n) is 4.44. The van der Waals surface area contributed by atoms with Gasteiger partial charge in [0.1, 0.15) is 11.5 Å². The molecule has 2 bridgehead atoms. The van der Waals surface area contributed by atoms with Crippen LogP contribution in [0.25, 0.3) is 10.8 Å². The summed E-state index contributed by atoms with van der Waals surface area (Å²) in [5.41, 5.74) is 3.43. The van der Waals surface area contributed by atoms with Gasteiger partial charge in [-0.15, -0.1) is 0 Å². The van der Waals surface area contributed by atoms with Crippen molar-refractivity contribution >= 4 is 22.7 Å². The van der Waals surface area contributed by atoms with Crippen LogP contribution < -0.4 is 9.47 Å². The summed E-state index contributed by atoms with van der Waals surface area (Å²) in [6, 6.07) is 5.88. The minimum atomic E-state index is -0.478. The van der Waals surface area contributed by atoms with Gasteiger partial charge in [0, 0.05) is 33.5 Å². The van der Waals surface area contributed by atoms with Gasteiger partial charge < -0.3 is 9.47 Å². The van der Waals surface area contributed by atoms with Crippen LogP contribution in [0.1, 0.15) is 54.7 Å². The van der Waals surface area contributed by atoms with Crippen LogP contribution in [0.15, 0.2) is 43.0 Å². The van der Waals surface area contributed by atoms with Crippen molar-refractivity contribution in [3.8, 4) is 11.5 Å². The Morgan fingerprint density at radius 3 is 2.30 bits per heavy atom. The molecule has 2 unspecified atom stereocenters. The largest absolute Gasteiger partial charge is 0.422 e. The number of ether oxygens (including phenoxy) is 2. The van der Waals surface area contributed by atoms with Crippen LogP contribution in [0, 0.1) is 6.92 Å². The monoisotopic (exact) mass is 362 g/mol.